The molecule has 0 radical (unpaired) electrons. The zero-order valence-electron chi connectivity index (χ0n) is 13.1. The van der Waals surface area contributed by atoms with Crippen LogP contribution in [0.3, 0.4) is 0 Å². The van der Waals surface area contributed by atoms with Gasteiger partial charge in [0, 0.05) is 32.7 Å². The Kier molecular flexibility index (Phi) is 4.28. The summed E-state index contributed by atoms with van der Waals surface area (Å²) in [6, 6.07) is 0. The number of thiazole rings is 1. The highest BCUT2D eigenvalue weighted by atomic mass is 32.2. The Morgan fingerprint density at radius 2 is 2.00 bits per heavy atom. The first-order valence-corrected chi connectivity index (χ1v) is 8.71. The Labute approximate surface area is 144 Å². The quantitative estimate of drug-likeness (QED) is 0.660. The number of anilines is 1. The van der Waals surface area contributed by atoms with Crippen molar-refractivity contribution in [3.63, 3.8) is 0 Å². The number of aromatic nitrogens is 5. The summed E-state index contributed by atoms with van der Waals surface area (Å²) in [4.78, 5) is 44.4. The fourth-order valence-electron chi connectivity index (χ4n) is 2.26. The van der Waals surface area contributed by atoms with Crippen molar-refractivity contribution in [2.24, 2.45) is 21.1 Å². The van der Waals surface area contributed by atoms with Crippen LogP contribution in [0.5, 0.6) is 0 Å². The van der Waals surface area contributed by atoms with Crippen LogP contribution in [0.1, 0.15) is 0 Å². The number of nitrogens with zero attached hydrogens (tertiary/aromatic N) is 5. The van der Waals surface area contributed by atoms with Crippen LogP contribution in [-0.2, 0) is 25.9 Å². The van der Waals surface area contributed by atoms with Crippen LogP contribution in [-0.4, -0.2) is 35.3 Å². The van der Waals surface area contributed by atoms with Gasteiger partial charge in [0.1, 0.15) is 0 Å². The maximum absolute atomic E-state index is 12.2. The van der Waals surface area contributed by atoms with Gasteiger partial charge in [0.2, 0.25) is 5.91 Å². The van der Waals surface area contributed by atoms with Gasteiger partial charge in [0.15, 0.2) is 21.5 Å². The summed E-state index contributed by atoms with van der Waals surface area (Å²) in [5.74, 6) is -0.103. The van der Waals surface area contributed by atoms with Crippen molar-refractivity contribution in [2.45, 2.75) is 5.16 Å². The molecule has 3 rings (SSSR count). The summed E-state index contributed by atoms with van der Waals surface area (Å²) in [6.07, 6.45) is 1.61. The molecule has 24 heavy (non-hydrogen) atoms. The number of hydrogen-bond donors (Lipinski definition) is 1. The van der Waals surface area contributed by atoms with Crippen molar-refractivity contribution >= 4 is 45.3 Å². The second-order valence-corrected chi connectivity index (χ2v) is 6.84. The highest BCUT2D eigenvalue weighted by Crippen LogP contribution is 2.20. The van der Waals surface area contributed by atoms with Crippen molar-refractivity contribution in [1.29, 1.82) is 0 Å². The average molecular weight is 366 g/mol. The highest BCUT2D eigenvalue weighted by Gasteiger charge is 2.18. The van der Waals surface area contributed by atoms with Crippen LogP contribution < -0.4 is 16.6 Å². The summed E-state index contributed by atoms with van der Waals surface area (Å²) in [5.41, 5.74) is -0.257. The van der Waals surface area contributed by atoms with E-state index in [0.717, 1.165) is 4.57 Å². The van der Waals surface area contributed by atoms with Crippen LogP contribution in [0.25, 0.3) is 11.2 Å². The standard InChI is InChI=1S/C13H14N6O3S2/c1-17-9-8(10(21)19(3)13(22)18(9)2)16-12(17)24-6-7(20)15-11-14-4-5-23-11/h4-5H,6H2,1-3H3,(H,14,15,20). The molecule has 0 spiro atoms. The molecule has 0 saturated heterocycles. The number of rotatable bonds is 4. The van der Waals surface area contributed by atoms with E-state index < -0.39 is 11.2 Å². The fourth-order valence-corrected chi connectivity index (χ4v) is 3.57. The maximum atomic E-state index is 12.2. The smallest absolute Gasteiger partial charge is 0.308 e. The third kappa shape index (κ3) is 2.76. The molecule has 3 aromatic heterocycles. The molecule has 0 aliphatic carbocycles. The molecule has 9 nitrogen and oxygen atoms in total. The lowest BCUT2D eigenvalue weighted by molar-refractivity contribution is -0.113. The number of carbonyl (C=O) groups excluding carboxylic acids is 1. The molecule has 0 bridgehead atoms. The van der Waals surface area contributed by atoms with E-state index >= 15 is 0 Å². The Morgan fingerprint density at radius 1 is 1.25 bits per heavy atom. The zero-order chi connectivity index (χ0) is 17.4. The minimum absolute atomic E-state index is 0.116. The van der Waals surface area contributed by atoms with Gasteiger partial charge in [-0.1, -0.05) is 11.8 Å². The normalized spacial score (nSPS) is 11.1. The molecule has 1 N–H and O–H groups in total. The molecule has 0 fully saturated rings. The van der Waals surface area contributed by atoms with Gasteiger partial charge in [0.25, 0.3) is 5.56 Å². The lowest BCUT2D eigenvalue weighted by Crippen LogP contribution is -2.37. The third-order valence-corrected chi connectivity index (χ3v) is 5.15. The summed E-state index contributed by atoms with van der Waals surface area (Å²) < 4.78 is 4.02. The van der Waals surface area contributed by atoms with E-state index in [1.807, 2.05) is 0 Å². The second kappa shape index (κ2) is 6.24. The molecule has 0 unspecified atom stereocenters. The van der Waals surface area contributed by atoms with Crippen molar-refractivity contribution in [2.75, 3.05) is 11.1 Å². The Balaban J connectivity index is 1.88. The minimum Gasteiger partial charge on any atom is -0.308 e. The molecule has 3 heterocycles. The van der Waals surface area contributed by atoms with E-state index in [2.05, 4.69) is 15.3 Å². The summed E-state index contributed by atoms with van der Waals surface area (Å²) >= 11 is 2.52. The highest BCUT2D eigenvalue weighted by molar-refractivity contribution is 7.99. The van der Waals surface area contributed by atoms with Gasteiger partial charge < -0.3 is 9.88 Å². The first-order valence-electron chi connectivity index (χ1n) is 6.84. The zero-order valence-corrected chi connectivity index (χ0v) is 14.8. The van der Waals surface area contributed by atoms with Gasteiger partial charge in [-0.3, -0.25) is 18.7 Å². The molecule has 126 valence electrons. The lowest BCUT2D eigenvalue weighted by atomic mass is 10.5. The van der Waals surface area contributed by atoms with Crippen LogP contribution in [0, 0.1) is 0 Å². The number of fused-ring (bicyclic) bond motifs is 1. The number of hydrogen-bond acceptors (Lipinski definition) is 7. The van der Waals surface area contributed by atoms with E-state index in [1.54, 1.807) is 30.2 Å². The minimum atomic E-state index is -0.456. The monoisotopic (exact) mass is 366 g/mol. The predicted octanol–water partition coefficient (Wildman–Crippen LogP) is 0.158. The Morgan fingerprint density at radius 3 is 2.67 bits per heavy atom. The molecule has 0 saturated carbocycles. The van der Waals surface area contributed by atoms with E-state index in [4.69, 9.17) is 0 Å². The van der Waals surface area contributed by atoms with Crippen LogP contribution >= 0.6 is 23.1 Å². The topological polar surface area (TPSA) is 104 Å². The van der Waals surface area contributed by atoms with E-state index in [-0.39, 0.29) is 17.2 Å². The fraction of sp³-hybridized carbons (Fsp3) is 0.308. The van der Waals surface area contributed by atoms with Crippen LogP contribution in [0.4, 0.5) is 5.13 Å². The van der Waals surface area contributed by atoms with Gasteiger partial charge in [-0.15, -0.1) is 11.3 Å². The molecule has 0 aliphatic heterocycles. The third-order valence-electron chi connectivity index (χ3n) is 3.43. The first kappa shape index (κ1) is 16.5. The molecule has 1 amide bonds. The van der Waals surface area contributed by atoms with Crippen molar-refractivity contribution in [1.82, 2.24) is 23.7 Å². The van der Waals surface area contributed by atoms with Gasteiger partial charge in [0.05, 0.1) is 5.75 Å². The van der Waals surface area contributed by atoms with Gasteiger partial charge in [-0.2, -0.15) is 0 Å². The Hall–Kier alpha value is -2.40. The average Bonchev–Trinajstić information content (AvgIpc) is 3.17. The van der Waals surface area contributed by atoms with Crippen molar-refractivity contribution < 1.29 is 4.79 Å². The predicted molar refractivity (Wildman–Crippen MR) is 92.7 cm³/mol. The number of thioether (sulfide) groups is 1. The van der Waals surface area contributed by atoms with Crippen LogP contribution in [0.2, 0.25) is 0 Å². The number of amides is 1. The largest absolute Gasteiger partial charge is 0.332 e. The van der Waals surface area contributed by atoms with Crippen LogP contribution in [0.15, 0.2) is 26.3 Å². The Bertz CT molecular complexity index is 1030. The maximum Gasteiger partial charge on any atom is 0.332 e. The van der Waals surface area contributed by atoms with E-state index in [9.17, 15) is 14.4 Å². The number of aryl methyl sites for hydroxylation is 2. The number of nitrogens with one attached hydrogen (secondary N) is 1. The number of carbonyl (C=O) groups is 1. The first-order chi connectivity index (χ1) is 11.4. The van der Waals surface area contributed by atoms with Crippen molar-refractivity contribution in [3.05, 3.63) is 32.4 Å². The molecule has 0 atom stereocenters. The second-order valence-electron chi connectivity index (χ2n) is 5.01. The summed E-state index contributed by atoms with van der Waals surface area (Å²) in [6.45, 7) is 0. The molecular weight excluding hydrogens is 352 g/mol. The molecule has 0 aromatic carbocycles. The summed E-state index contributed by atoms with van der Waals surface area (Å²) in [5, 5.41) is 5.46. The SMILES string of the molecule is Cn1c(=O)c2nc(SCC(=O)Nc3nccs3)n(C)c2n(C)c1=O. The van der Waals surface area contributed by atoms with Crippen molar-refractivity contribution in [3.8, 4) is 0 Å². The van der Waals surface area contributed by atoms with Gasteiger partial charge >= 0.3 is 5.69 Å². The molecule has 11 heteroatoms. The molecule has 0 aliphatic rings. The van der Waals surface area contributed by atoms with E-state index in [0.29, 0.717) is 15.9 Å². The summed E-state index contributed by atoms with van der Waals surface area (Å²) in [7, 11) is 4.69. The number of imidazole rings is 1. The van der Waals surface area contributed by atoms with E-state index in [1.165, 1.54) is 34.7 Å². The lowest BCUT2D eigenvalue weighted by Gasteiger charge is -2.06. The molecular formula is C13H14N6O3S2. The van der Waals surface area contributed by atoms with Gasteiger partial charge in [-0.25, -0.2) is 14.8 Å². The van der Waals surface area contributed by atoms with Gasteiger partial charge in [-0.05, 0) is 0 Å². The molecule has 3 aromatic rings.